The Balaban J connectivity index is 2.11. The number of nitrogens with zero attached hydrogens (tertiary/aromatic N) is 1. The smallest absolute Gasteiger partial charge is 0.240 e. The molecule has 0 radical (unpaired) electrons. The lowest BCUT2D eigenvalue weighted by Crippen LogP contribution is -2.26. The summed E-state index contributed by atoms with van der Waals surface area (Å²) in [5, 5.41) is 3.85. The lowest BCUT2D eigenvalue weighted by Gasteiger charge is -2.13. The maximum absolute atomic E-state index is 12.5. The van der Waals surface area contributed by atoms with Gasteiger partial charge >= 0.3 is 0 Å². The molecule has 126 valence electrons. The number of aryl methyl sites for hydroxylation is 3. The first-order valence-electron chi connectivity index (χ1n) is 7.49. The molecule has 2 rings (SSSR count). The minimum absolute atomic E-state index is 0.264. The molecule has 0 saturated heterocycles. The highest BCUT2D eigenvalue weighted by molar-refractivity contribution is 7.89. The van der Waals surface area contributed by atoms with Crippen LogP contribution >= 0.6 is 0 Å². The van der Waals surface area contributed by atoms with Gasteiger partial charge in [0.05, 0.1) is 17.2 Å². The zero-order chi connectivity index (χ0) is 17.0. The van der Waals surface area contributed by atoms with Gasteiger partial charge in [-0.15, -0.1) is 0 Å². The van der Waals surface area contributed by atoms with Crippen molar-refractivity contribution in [1.29, 1.82) is 0 Å². The molecule has 0 bridgehead atoms. The monoisotopic (exact) mass is 338 g/mol. The van der Waals surface area contributed by atoms with Crippen LogP contribution in [0.2, 0.25) is 0 Å². The quantitative estimate of drug-likeness (QED) is 0.839. The summed E-state index contributed by atoms with van der Waals surface area (Å²) in [6.45, 7) is 8.10. The van der Waals surface area contributed by atoms with Crippen molar-refractivity contribution >= 4 is 10.0 Å². The fourth-order valence-electron chi connectivity index (χ4n) is 2.29. The van der Waals surface area contributed by atoms with Gasteiger partial charge in [-0.2, -0.15) is 0 Å². The number of aromatic nitrogens is 1. The zero-order valence-corrected chi connectivity index (χ0v) is 14.7. The van der Waals surface area contributed by atoms with E-state index in [0.29, 0.717) is 30.1 Å². The largest absolute Gasteiger partial charge is 0.494 e. The molecule has 1 aromatic heterocycles. The van der Waals surface area contributed by atoms with Gasteiger partial charge in [0.2, 0.25) is 10.0 Å². The van der Waals surface area contributed by atoms with Crippen LogP contribution in [0.5, 0.6) is 5.75 Å². The van der Waals surface area contributed by atoms with E-state index >= 15 is 0 Å². The average Bonchev–Trinajstić information content (AvgIpc) is 2.88. The van der Waals surface area contributed by atoms with E-state index in [0.717, 1.165) is 11.3 Å². The molecule has 1 heterocycles. The molecule has 0 saturated carbocycles. The predicted molar refractivity (Wildman–Crippen MR) is 87.2 cm³/mol. The van der Waals surface area contributed by atoms with Gasteiger partial charge < -0.3 is 9.26 Å². The van der Waals surface area contributed by atoms with Crippen LogP contribution in [-0.4, -0.2) is 26.7 Å². The molecule has 0 amide bonds. The topological polar surface area (TPSA) is 81.4 Å². The van der Waals surface area contributed by atoms with Crippen LogP contribution in [0.1, 0.15) is 29.5 Å². The highest BCUT2D eigenvalue weighted by Gasteiger charge is 2.18. The highest BCUT2D eigenvalue weighted by Crippen LogP contribution is 2.25. The van der Waals surface area contributed by atoms with Crippen LogP contribution in [0.25, 0.3) is 0 Å². The molecule has 6 nitrogen and oxygen atoms in total. The van der Waals surface area contributed by atoms with Crippen LogP contribution in [0.3, 0.4) is 0 Å². The SMILES string of the molecule is CCOc1cc(C)c(S(=O)(=O)NCCc2cc(C)on2)cc1C. The summed E-state index contributed by atoms with van der Waals surface area (Å²) in [4.78, 5) is 0.273. The lowest BCUT2D eigenvalue weighted by molar-refractivity contribution is 0.337. The molecule has 23 heavy (non-hydrogen) atoms. The molecule has 1 N–H and O–H groups in total. The second-order valence-corrected chi connectivity index (χ2v) is 7.13. The van der Waals surface area contributed by atoms with E-state index < -0.39 is 10.0 Å². The zero-order valence-electron chi connectivity index (χ0n) is 13.8. The molecule has 2 aromatic rings. The van der Waals surface area contributed by atoms with Gasteiger partial charge in [0.25, 0.3) is 0 Å². The number of sulfonamides is 1. The molecule has 0 aliphatic rings. The molecule has 0 atom stereocenters. The third-order valence-corrected chi connectivity index (χ3v) is 5.01. The molecule has 0 unspecified atom stereocenters. The molecule has 0 aliphatic heterocycles. The standard InChI is InChI=1S/C16H22N2O4S/c1-5-21-15-8-12(3)16(9-11(15)2)23(19,20)17-7-6-14-10-13(4)22-18-14/h8-10,17H,5-7H2,1-4H3. The number of rotatable bonds is 7. The Kier molecular flexibility index (Phi) is 5.43. The fourth-order valence-corrected chi connectivity index (χ4v) is 3.63. The van der Waals surface area contributed by atoms with E-state index in [1.807, 2.05) is 13.8 Å². The molecular formula is C16H22N2O4S. The van der Waals surface area contributed by atoms with Crippen LogP contribution in [0, 0.1) is 20.8 Å². The minimum Gasteiger partial charge on any atom is -0.494 e. The van der Waals surface area contributed by atoms with E-state index in [-0.39, 0.29) is 11.4 Å². The van der Waals surface area contributed by atoms with Crippen molar-refractivity contribution in [3.05, 3.63) is 40.8 Å². The Hall–Kier alpha value is -1.86. The summed E-state index contributed by atoms with van der Waals surface area (Å²) in [7, 11) is -3.57. The van der Waals surface area contributed by atoms with Crippen LogP contribution in [0.4, 0.5) is 0 Å². The predicted octanol–water partition coefficient (Wildman–Crippen LogP) is 2.52. The number of nitrogens with one attached hydrogen (secondary N) is 1. The van der Waals surface area contributed by atoms with Crippen LogP contribution in [-0.2, 0) is 16.4 Å². The number of hydrogen-bond donors (Lipinski definition) is 1. The maximum atomic E-state index is 12.5. The summed E-state index contributed by atoms with van der Waals surface area (Å²) in [5.41, 5.74) is 2.18. The third-order valence-electron chi connectivity index (χ3n) is 3.41. The highest BCUT2D eigenvalue weighted by atomic mass is 32.2. The van der Waals surface area contributed by atoms with Gasteiger partial charge in [0.1, 0.15) is 11.5 Å². The second-order valence-electron chi connectivity index (χ2n) is 5.39. The van der Waals surface area contributed by atoms with Gasteiger partial charge in [-0.3, -0.25) is 0 Å². The van der Waals surface area contributed by atoms with Crippen molar-refractivity contribution < 1.29 is 17.7 Å². The number of benzene rings is 1. The minimum atomic E-state index is -3.57. The van der Waals surface area contributed by atoms with E-state index in [1.54, 1.807) is 32.0 Å². The Morgan fingerprint density at radius 2 is 1.91 bits per heavy atom. The van der Waals surface area contributed by atoms with Gasteiger partial charge in [-0.25, -0.2) is 13.1 Å². The number of hydrogen-bond acceptors (Lipinski definition) is 5. The van der Waals surface area contributed by atoms with Gasteiger partial charge in [0, 0.05) is 19.0 Å². The summed E-state index contributed by atoms with van der Waals surface area (Å²) >= 11 is 0. The van der Waals surface area contributed by atoms with Crippen molar-refractivity contribution in [2.75, 3.05) is 13.2 Å². The first kappa shape index (κ1) is 17.5. The second kappa shape index (κ2) is 7.14. The van der Waals surface area contributed by atoms with Crippen molar-refractivity contribution in [2.45, 2.75) is 39.0 Å². The molecule has 7 heteroatoms. The molecule has 0 spiro atoms. The normalized spacial score (nSPS) is 11.7. The lowest BCUT2D eigenvalue weighted by atomic mass is 10.1. The van der Waals surface area contributed by atoms with E-state index in [1.165, 1.54) is 0 Å². The Bertz CT molecular complexity index is 781. The summed E-state index contributed by atoms with van der Waals surface area (Å²) in [6.07, 6.45) is 0.478. The molecule has 0 aliphatic carbocycles. The van der Waals surface area contributed by atoms with Crippen molar-refractivity contribution in [2.24, 2.45) is 0 Å². The average molecular weight is 338 g/mol. The number of ether oxygens (including phenoxy) is 1. The fraction of sp³-hybridized carbons (Fsp3) is 0.438. The van der Waals surface area contributed by atoms with Gasteiger partial charge in [-0.1, -0.05) is 5.16 Å². The van der Waals surface area contributed by atoms with Crippen molar-refractivity contribution in [1.82, 2.24) is 9.88 Å². The van der Waals surface area contributed by atoms with Gasteiger partial charge in [0.15, 0.2) is 0 Å². The van der Waals surface area contributed by atoms with E-state index in [2.05, 4.69) is 9.88 Å². The molecule has 0 fully saturated rings. The summed E-state index contributed by atoms with van der Waals surface area (Å²) in [5.74, 6) is 1.42. The van der Waals surface area contributed by atoms with Crippen molar-refractivity contribution in [3.8, 4) is 5.75 Å². The molecular weight excluding hydrogens is 316 g/mol. The molecule has 1 aromatic carbocycles. The maximum Gasteiger partial charge on any atom is 0.240 e. The Morgan fingerprint density at radius 3 is 2.52 bits per heavy atom. The summed E-state index contributed by atoms with van der Waals surface area (Å²) in [6, 6.07) is 5.19. The first-order chi connectivity index (χ1) is 10.8. The Morgan fingerprint density at radius 1 is 1.17 bits per heavy atom. The first-order valence-corrected chi connectivity index (χ1v) is 8.97. The van der Waals surface area contributed by atoms with Crippen LogP contribution < -0.4 is 9.46 Å². The van der Waals surface area contributed by atoms with Crippen molar-refractivity contribution in [3.63, 3.8) is 0 Å². The van der Waals surface area contributed by atoms with Gasteiger partial charge in [-0.05, 0) is 51.0 Å². The Labute approximate surface area is 136 Å². The van der Waals surface area contributed by atoms with E-state index in [4.69, 9.17) is 9.26 Å². The third kappa shape index (κ3) is 4.33. The van der Waals surface area contributed by atoms with Crippen LogP contribution in [0.15, 0.2) is 27.6 Å². The van der Waals surface area contributed by atoms with E-state index in [9.17, 15) is 8.42 Å². The summed E-state index contributed by atoms with van der Waals surface area (Å²) < 4.78 is 38.0.